The molecule has 0 aliphatic carbocycles. The minimum atomic E-state index is -0.773. The lowest BCUT2D eigenvalue weighted by Gasteiger charge is -2.28. The van der Waals surface area contributed by atoms with E-state index in [1.54, 1.807) is 4.90 Å². The Balaban J connectivity index is 1.66. The molecule has 0 saturated carbocycles. The van der Waals surface area contributed by atoms with E-state index in [2.05, 4.69) is 0 Å². The summed E-state index contributed by atoms with van der Waals surface area (Å²) < 4.78 is 10.2. The number of hydrogen-bond acceptors (Lipinski definition) is 7. The Morgan fingerprint density at radius 1 is 1.27 bits per heavy atom. The molecule has 0 bridgehead atoms. The normalized spacial score (nSPS) is 16.1. The van der Waals surface area contributed by atoms with Crippen molar-refractivity contribution in [2.75, 3.05) is 37.7 Å². The van der Waals surface area contributed by atoms with Crippen LogP contribution in [-0.4, -0.2) is 60.5 Å². The van der Waals surface area contributed by atoms with Gasteiger partial charge in [0.25, 0.3) is 17.5 Å². The maximum atomic E-state index is 12.1. The topological polar surface area (TPSA) is 119 Å². The van der Waals surface area contributed by atoms with Gasteiger partial charge in [-0.25, -0.2) is 0 Å². The third-order valence-corrected chi connectivity index (χ3v) is 4.20. The smallest absolute Gasteiger partial charge is 0.326 e. The Labute approximate surface area is 148 Å². The van der Waals surface area contributed by atoms with Crippen molar-refractivity contribution in [3.63, 3.8) is 0 Å². The summed E-state index contributed by atoms with van der Waals surface area (Å²) >= 11 is 0. The van der Waals surface area contributed by atoms with Crippen molar-refractivity contribution in [3.05, 3.63) is 28.3 Å². The van der Waals surface area contributed by atoms with Gasteiger partial charge in [-0.3, -0.25) is 29.4 Å². The number of carbonyl (C=O) groups is 3. The van der Waals surface area contributed by atoms with Gasteiger partial charge in [0.15, 0.2) is 13.2 Å². The first kappa shape index (κ1) is 17.6. The van der Waals surface area contributed by atoms with E-state index in [0.29, 0.717) is 13.1 Å². The second-order valence-electron chi connectivity index (χ2n) is 5.93. The highest BCUT2D eigenvalue weighted by molar-refractivity contribution is 6.01. The lowest BCUT2D eigenvalue weighted by Crippen LogP contribution is -2.43. The third-order valence-electron chi connectivity index (χ3n) is 4.20. The highest BCUT2D eigenvalue weighted by Gasteiger charge is 2.30. The Morgan fingerprint density at radius 3 is 2.69 bits per heavy atom. The first-order valence-electron chi connectivity index (χ1n) is 8.10. The van der Waals surface area contributed by atoms with Gasteiger partial charge in [0, 0.05) is 25.2 Å². The molecule has 0 atom stereocenters. The number of nitro groups is 1. The Morgan fingerprint density at radius 2 is 2.00 bits per heavy atom. The number of rotatable bonds is 5. The maximum absolute atomic E-state index is 12.1. The molecular weight excluding hydrogens is 346 g/mol. The van der Waals surface area contributed by atoms with Gasteiger partial charge in [-0.05, 0) is 18.9 Å². The molecule has 0 unspecified atom stereocenters. The molecule has 0 radical (unpaired) electrons. The van der Waals surface area contributed by atoms with E-state index in [4.69, 9.17) is 9.47 Å². The van der Waals surface area contributed by atoms with Crippen molar-refractivity contribution in [3.8, 4) is 5.75 Å². The largest absolute Gasteiger partial charge is 0.482 e. The van der Waals surface area contributed by atoms with Gasteiger partial charge in [0.05, 0.1) is 10.6 Å². The quantitative estimate of drug-likeness (QED) is 0.424. The molecule has 10 nitrogen and oxygen atoms in total. The van der Waals surface area contributed by atoms with Crippen molar-refractivity contribution >= 4 is 29.2 Å². The summed E-state index contributed by atoms with van der Waals surface area (Å²) in [5.41, 5.74) is -0.108. The van der Waals surface area contributed by atoms with E-state index in [-0.39, 0.29) is 36.2 Å². The maximum Gasteiger partial charge on any atom is 0.326 e. The molecule has 1 fully saturated rings. The minimum absolute atomic E-state index is 0.123. The minimum Gasteiger partial charge on any atom is -0.482 e. The van der Waals surface area contributed by atoms with Gasteiger partial charge < -0.3 is 14.4 Å². The fourth-order valence-corrected chi connectivity index (χ4v) is 2.85. The number of nitro benzene ring substituents is 1. The Kier molecular flexibility index (Phi) is 5.01. The molecule has 26 heavy (non-hydrogen) atoms. The predicted octanol–water partition coefficient (Wildman–Crippen LogP) is 0.486. The lowest BCUT2D eigenvalue weighted by atomic mass is 10.2. The summed E-state index contributed by atoms with van der Waals surface area (Å²) in [6.07, 6.45) is 1.86. The van der Waals surface area contributed by atoms with E-state index < -0.39 is 23.3 Å². The Hall–Kier alpha value is -3.17. The zero-order valence-electron chi connectivity index (χ0n) is 13.9. The summed E-state index contributed by atoms with van der Waals surface area (Å²) in [6.45, 7) is 0.165. The standard InChI is InChI=1S/C16H17N3O7/c20-14(17-5-1-2-6-17)9-26-16(22)8-18-12-7-11(19(23)24)3-4-13(12)25-10-15(18)21/h3-4,7H,1-2,5-6,8-10H2. The number of nitrogens with zero attached hydrogens (tertiary/aromatic N) is 3. The zero-order valence-corrected chi connectivity index (χ0v) is 13.9. The van der Waals surface area contributed by atoms with Crippen LogP contribution in [0, 0.1) is 10.1 Å². The molecule has 138 valence electrons. The van der Waals surface area contributed by atoms with Gasteiger partial charge >= 0.3 is 5.97 Å². The molecule has 3 rings (SSSR count). The van der Waals surface area contributed by atoms with Crippen LogP contribution in [0.4, 0.5) is 11.4 Å². The van der Waals surface area contributed by atoms with E-state index in [1.165, 1.54) is 12.1 Å². The summed E-state index contributed by atoms with van der Waals surface area (Å²) in [5, 5.41) is 10.9. The number of fused-ring (bicyclic) bond motifs is 1. The monoisotopic (exact) mass is 363 g/mol. The van der Waals surface area contributed by atoms with Crippen LogP contribution in [0.3, 0.4) is 0 Å². The SMILES string of the molecule is O=C(CN1C(=O)COc2ccc([N+](=O)[O-])cc21)OCC(=O)N1CCCC1. The van der Waals surface area contributed by atoms with Crippen LogP contribution in [0.2, 0.25) is 0 Å². The van der Waals surface area contributed by atoms with Gasteiger partial charge in [-0.2, -0.15) is 0 Å². The number of amides is 2. The molecule has 2 aliphatic heterocycles. The van der Waals surface area contributed by atoms with Crippen LogP contribution >= 0.6 is 0 Å². The molecule has 1 aromatic carbocycles. The van der Waals surface area contributed by atoms with E-state index in [1.807, 2.05) is 0 Å². The van der Waals surface area contributed by atoms with E-state index in [0.717, 1.165) is 23.8 Å². The second-order valence-corrected chi connectivity index (χ2v) is 5.93. The van der Waals surface area contributed by atoms with Crippen LogP contribution in [0.1, 0.15) is 12.8 Å². The van der Waals surface area contributed by atoms with Gasteiger partial charge in [-0.15, -0.1) is 0 Å². The molecule has 2 aliphatic rings. The predicted molar refractivity (Wildman–Crippen MR) is 87.7 cm³/mol. The average molecular weight is 363 g/mol. The van der Waals surface area contributed by atoms with E-state index >= 15 is 0 Å². The molecule has 1 aromatic rings. The second kappa shape index (κ2) is 7.38. The number of non-ortho nitro benzene ring substituents is 1. The third kappa shape index (κ3) is 3.73. The molecular formula is C16H17N3O7. The number of hydrogen-bond donors (Lipinski definition) is 0. The van der Waals surface area contributed by atoms with Gasteiger partial charge in [0.1, 0.15) is 12.3 Å². The number of benzene rings is 1. The van der Waals surface area contributed by atoms with Crippen LogP contribution in [-0.2, 0) is 19.1 Å². The van der Waals surface area contributed by atoms with E-state index in [9.17, 15) is 24.5 Å². The molecule has 0 spiro atoms. The van der Waals surface area contributed by atoms with Crippen LogP contribution < -0.4 is 9.64 Å². The first-order chi connectivity index (χ1) is 12.5. The molecule has 0 aromatic heterocycles. The lowest BCUT2D eigenvalue weighted by molar-refractivity contribution is -0.384. The highest BCUT2D eigenvalue weighted by Crippen LogP contribution is 2.35. The van der Waals surface area contributed by atoms with Crippen molar-refractivity contribution in [2.24, 2.45) is 0 Å². The highest BCUT2D eigenvalue weighted by atomic mass is 16.6. The number of likely N-dealkylation sites (tertiary alicyclic amines) is 1. The summed E-state index contributed by atoms with van der Waals surface area (Å²) in [5.74, 6) is -1.32. The van der Waals surface area contributed by atoms with Crippen LogP contribution in [0.5, 0.6) is 5.75 Å². The van der Waals surface area contributed by atoms with Gasteiger partial charge in [0.2, 0.25) is 0 Å². The molecule has 2 amide bonds. The average Bonchev–Trinajstić information content (AvgIpc) is 3.16. The number of carbonyl (C=O) groups excluding carboxylic acids is 3. The van der Waals surface area contributed by atoms with Crippen LogP contribution in [0.25, 0.3) is 0 Å². The Bertz CT molecular complexity index is 758. The van der Waals surface area contributed by atoms with Crippen molar-refractivity contribution in [1.29, 1.82) is 0 Å². The van der Waals surface area contributed by atoms with Gasteiger partial charge in [-0.1, -0.05) is 0 Å². The first-order valence-corrected chi connectivity index (χ1v) is 8.10. The van der Waals surface area contributed by atoms with Crippen molar-refractivity contribution in [1.82, 2.24) is 4.90 Å². The summed E-state index contributed by atoms with van der Waals surface area (Å²) in [6, 6.07) is 3.78. The number of ether oxygens (including phenoxy) is 2. The van der Waals surface area contributed by atoms with Crippen molar-refractivity contribution < 1.29 is 28.8 Å². The molecule has 1 saturated heterocycles. The van der Waals surface area contributed by atoms with Crippen molar-refractivity contribution in [2.45, 2.75) is 12.8 Å². The van der Waals surface area contributed by atoms with Crippen LogP contribution in [0.15, 0.2) is 18.2 Å². The zero-order chi connectivity index (χ0) is 18.7. The molecule has 2 heterocycles. The number of esters is 1. The molecule has 0 N–H and O–H groups in total. The summed E-state index contributed by atoms with van der Waals surface area (Å²) in [7, 11) is 0. The molecule has 10 heteroatoms. The number of anilines is 1. The fraction of sp³-hybridized carbons (Fsp3) is 0.438. The fourth-order valence-electron chi connectivity index (χ4n) is 2.85. The summed E-state index contributed by atoms with van der Waals surface area (Å²) in [4.78, 5) is 49.0.